The number of aromatic nitrogens is 1. The van der Waals surface area contributed by atoms with Gasteiger partial charge in [-0.2, -0.15) is 0 Å². The molecule has 0 atom stereocenters. The molecule has 110 valence electrons. The number of carboxylic acids is 1. The molecule has 0 aliphatic heterocycles. The molecule has 0 fully saturated rings. The second-order valence-corrected chi connectivity index (χ2v) is 5.17. The maximum absolute atomic E-state index is 11.2. The molecule has 0 saturated carbocycles. The fourth-order valence-electron chi connectivity index (χ4n) is 2.24. The molecule has 0 unspecified atom stereocenters. The van der Waals surface area contributed by atoms with Gasteiger partial charge in [0.1, 0.15) is 0 Å². The fraction of sp³-hybridized carbons (Fsp3) is 0.250. The summed E-state index contributed by atoms with van der Waals surface area (Å²) in [5.41, 5.74) is 2.72. The maximum atomic E-state index is 11.2. The third-order valence-electron chi connectivity index (χ3n) is 3.25. The largest absolute Gasteiger partial charge is 0.478 e. The Morgan fingerprint density at radius 1 is 1.24 bits per heavy atom. The number of hydrogen-bond acceptors (Lipinski definition) is 3. The summed E-state index contributed by atoms with van der Waals surface area (Å²) in [4.78, 5) is 27.2. The number of nitrogens with zero attached hydrogens (tertiary/aromatic N) is 1. The van der Waals surface area contributed by atoms with Crippen LogP contribution in [0.4, 0.5) is 0 Å². The van der Waals surface area contributed by atoms with Gasteiger partial charge in [-0.25, -0.2) is 4.79 Å². The number of benzene rings is 1. The highest BCUT2D eigenvalue weighted by atomic mass is 16.4. The van der Waals surface area contributed by atoms with Gasteiger partial charge in [0.2, 0.25) is 5.56 Å². The molecule has 0 saturated heterocycles. The number of rotatable bonds is 5. The van der Waals surface area contributed by atoms with E-state index in [0.29, 0.717) is 18.7 Å². The van der Waals surface area contributed by atoms with Gasteiger partial charge >= 0.3 is 5.97 Å². The Labute approximate surface area is 122 Å². The molecule has 1 aromatic carbocycles. The number of carbonyl (C=O) groups is 1. The molecule has 2 rings (SSSR count). The van der Waals surface area contributed by atoms with Crippen molar-refractivity contribution in [3.63, 3.8) is 0 Å². The molecule has 0 aliphatic carbocycles. The van der Waals surface area contributed by atoms with Crippen molar-refractivity contribution in [1.82, 2.24) is 9.88 Å². The van der Waals surface area contributed by atoms with Gasteiger partial charge in [-0.15, -0.1) is 0 Å². The van der Waals surface area contributed by atoms with Crippen molar-refractivity contribution in [2.75, 3.05) is 7.05 Å². The highest BCUT2D eigenvalue weighted by Crippen LogP contribution is 2.13. The lowest BCUT2D eigenvalue weighted by molar-refractivity contribution is 0.0696. The molecule has 0 aliphatic rings. The predicted molar refractivity (Wildman–Crippen MR) is 80.4 cm³/mol. The molecule has 0 amide bonds. The normalized spacial score (nSPS) is 10.8. The Hall–Kier alpha value is -2.40. The van der Waals surface area contributed by atoms with E-state index < -0.39 is 5.97 Å². The number of carboxylic acid groups (broad SMARTS) is 1. The van der Waals surface area contributed by atoms with Crippen LogP contribution in [-0.2, 0) is 13.1 Å². The number of aromatic amines is 1. The summed E-state index contributed by atoms with van der Waals surface area (Å²) in [5.74, 6) is -0.913. The molecule has 5 nitrogen and oxygen atoms in total. The Morgan fingerprint density at radius 3 is 2.67 bits per heavy atom. The highest BCUT2D eigenvalue weighted by molar-refractivity contribution is 5.89. The van der Waals surface area contributed by atoms with E-state index in [0.717, 1.165) is 16.8 Å². The van der Waals surface area contributed by atoms with Crippen LogP contribution >= 0.6 is 0 Å². The number of H-pyrrole nitrogens is 1. The van der Waals surface area contributed by atoms with Crippen LogP contribution in [0.3, 0.4) is 0 Å². The van der Waals surface area contributed by atoms with Crippen LogP contribution in [0.15, 0.2) is 41.2 Å². The van der Waals surface area contributed by atoms with E-state index in [4.69, 9.17) is 5.11 Å². The van der Waals surface area contributed by atoms with E-state index in [1.54, 1.807) is 19.1 Å². The van der Waals surface area contributed by atoms with Crippen molar-refractivity contribution in [1.29, 1.82) is 0 Å². The van der Waals surface area contributed by atoms with Gasteiger partial charge in [-0.3, -0.25) is 9.69 Å². The first kappa shape index (κ1) is 15.0. The number of hydrogen-bond donors (Lipinski definition) is 2. The maximum Gasteiger partial charge on any atom is 0.335 e. The van der Waals surface area contributed by atoms with E-state index in [2.05, 4.69) is 4.98 Å². The first-order chi connectivity index (χ1) is 9.95. The Kier molecular flexibility index (Phi) is 4.55. The molecule has 1 aromatic heterocycles. The molecule has 0 spiro atoms. The van der Waals surface area contributed by atoms with Crippen molar-refractivity contribution in [2.24, 2.45) is 0 Å². The van der Waals surface area contributed by atoms with Crippen LogP contribution in [0.25, 0.3) is 0 Å². The van der Waals surface area contributed by atoms with Gasteiger partial charge in [-0.05, 0) is 37.2 Å². The molecule has 1 heterocycles. The predicted octanol–water partition coefficient (Wildman–Crippen LogP) is 2.01. The summed E-state index contributed by atoms with van der Waals surface area (Å²) in [5, 5.41) is 9.14. The zero-order valence-electron chi connectivity index (χ0n) is 12.1. The second kappa shape index (κ2) is 6.37. The molecule has 0 radical (unpaired) electrons. The molecular formula is C16H18N2O3. The molecule has 0 bridgehead atoms. The number of aryl methyl sites for hydroxylation is 1. The average molecular weight is 286 g/mol. The van der Waals surface area contributed by atoms with Gasteiger partial charge in [0.15, 0.2) is 0 Å². The number of pyridine rings is 1. The van der Waals surface area contributed by atoms with Gasteiger partial charge in [0, 0.05) is 24.8 Å². The van der Waals surface area contributed by atoms with Crippen molar-refractivity contribution >= 4 is 5.97 Å². The minimum Gasteiger partial charge on any atom is -0.478 e. The fourth-order valence-corrected chi connectivity index (χ4v) is 2.24. The van der Waals surface area contributed by atoms with E-state index in [1.807, 2.05) is 30.1 Å². The van der Waals surface area contributed by atoms with E-state index in [9.17, 15) is 9.59 Å². The van der Waals surface area contributed by atoms with Crippen molar-refractivity contribution in [2.45, 2.75) is 20.0 Å². The summed E-state index contributed by atoms with van der Waals surface area (Å²) in [7, 11) is 1.92. The summed E-state index contributed by atoms with van der Waals surface area (Å²) in [6.07, 6.45) is 0. The number of nitrogens with one attached hydrogen (secondary N) is 1. The monoisotopic (exact) mass is 286 g/mol. The van der Waals surface area contributed by atoms with Crippen LogP contribution in [0.5, 0.6) is 0 Å². The van der Waals surface area contributed by atoms with Crippen LogP contribution < -0.4 is 5.56 Å². The lowest BCUT2D eigenvalue weighted by atomic mass is 10.0. The lowest BCUT2D eigenvalue weighted by Crippen LogP contribution is -2.20. The van der Waals surface area contributed by atoms with Crippen LogP contribution in [-0.4, -0.2) is 28.0 Å². The van der Waals surface area contributed by atoms with Gasteiger partial charge in [0.05, 0.1) is 5.56 Å². The minimum atomic E-state index is -0.913. The van der Waals surface area contributed by atoms with Crippen molar-refractivity contribution < 1.29 is 9.90 Å². The van der Waals surface area contributed by atoms with Crippen molar-refractivity contribution in [3.8, 4) is 0 Å². The third kappa shape index (κ3) is 4.03. The SMILES string of the molecule is Cc1ccc(CN(C)Cc2cccc(=O)[nH]2)cc1C(=O)O. The Balaban J connectivity index is 2.09. The molecule has 21 heavy (non-hydrogen) atoms. The Morgan fingerprint density at radius 2 is 2.00 bits per heavy atom. The third-order valence-corrected chi connectivity index (χ3v) is 3.25. The van der Waals surface area contributed by atoms with Crippen molar-refractivity contribution in [3.05, 3.63) is 69.1 Å². The van der Waals surface area contributed by atoms with E-state index in [1.165, 1.54) is 6.07 Å². The molecule has 5 heteroatoms. The lowest BCUT2D eigenvalue weighted by Gasteiger charge is -2.17. The van der Waals surface area contributed by atoms with Gasteiger partial charge in [-0.1, -0.05) is 18.2 Å². The van der Waals surface area contributed by atoms with Crippen LogP contribution in [0.1, 0.15) is 27.2 Å². The first-order valence-electron chi connectivity index (χ1n) is 6.65. The zero-order valence-corrected chi connectivity index (χ0v) is 12.1. The molecule has 2 aromatic rings. The zero-order chi connectivity index (χ0) is 15.4. The molecule has 2 N–H and O–H groups in total. The standard InChI is InChI=1S/C16H18N2O3/c1-11-6-7-12(8-14(11)16(20)21)9-18(2)10-13-4-3-5-15(19)17-13/h3-8H,9-10H2,1-2H3,(H,17,19)(H,20,21). The molecular weight excluding hydrogens is 268 g/mol. The van der Waals surface area contributed by atoms with Gasteiger partial charge < -0.3 is 10.1 Å². The summed E-state index contributed by atoms with van der Waals surface area (Å²) >= 11 is 0. The smallest absolute Gasteiger partial charge is 0.335 e. The van der Waals surface area contributed by atoms with E-state index in [-0.39, 0.29) is 5.56 Å². The highest BCUT2D eigenvalue weighted by Gasteiger charge is 2.09. The topological polar surface area (TPSA) is 73.4 Å². The minimum absolute atomic E-state index is 0.121. The van der Waals surface area contributed by atoms with Gasteiger partial charge in [0.25, 0.3) is 0 Å². The summed E-state index contributed by atoms with van der Waals surface area (Å²) in [6, 6.07) is 10.5. The second-order valence-electron chi connectivity index (χ2n) is 5.17. The Bertz CT molecular complexity index is 707. The average Bonchev–Trinajstić information content (AvgIpc) is 2.40. The number of aromatic carboxylic acids is 1. The van der Waals surface area contributed by atoms with Crippen LogP contribution in [0, 0.1) is 6.92 Å². The summed E-state index contributed by atoms with van der Waals surface area (Å²) < 4.78 is 0. The summed E-state index contributed by atoms with van der Waals surface area (Å²) in [6.45, 7) is 2.98. The first-order valence-corrected chi connectivity index (χ1v) is 6.65. The van der Waals surface area contributed by atoms with Crippen LogP contribution in [0.2, 0.25) is 0 Å². The quantitative estimate of drug-likeness (QED) is 0.882. The van der Waals surface area contributed by atoms with E-state index >= 15 is 0 Å².